The smallest absolute Gasteiger partial charge is 0.0478 e. The number of hydrogen-bond donors (Lipinski definition) is 1. The van der Waals surface area contributed by atoms with Gasteiger partial charge in [0.05, 0.1) is 0 Å². The molecule has 1 N–H and O–H groups in total. The summed E-state index contributed by atoms with van der Waals surface area (Å²) in [5.74, 6) is 0. The Kier molecular flexibility index (Phi) is 4.69. The zero-order chi connectivity index (χ0) is 14.5. The zero-order valence-electron chi connectivity index (χ0n) is 12.7. The van der Waals surface area contributed by atoms with Crippen molar-refractivity contribution in [3.63, 3.8) is 0 Å². The molecular formula is C19H24N2. The van der Waals surface area contributed by atoms with E-state index in [4.69, 9.17) is 0 Å². The van der Waals surface area contributed by atoms with Crippen LogP contribution in [-0.2, 0) is 0 Å². The summed E-state index contributed by atoms with van der Waals surface area (Å²) in [6.45, 7) is 5.61. The molecule has 0 aliphatic carbocycles. The molecule has 0 aromatic heterocycles. The lowest BCUT2D eigenvalue weighted by molar-refractivity contribution is 0.154. The van der Waals surface area contributed by atoms with Crippen LogP contribution < -0.4 is 5.32 Å². The molecule has 1 aliphatic heterocycles. The van der Waals surface area contributed by atoms with Crippen LogP contribution in [0.4, 0.5) is 0 Å². The monoisotopic (exact) mass is 280 g/mol. The van der Waals surface area contributed by atoms with Gasteiger partial charge >= 0.3 is 0 Å². The van der Waals surface area contributed by atoms with Gasteiger partial charge in [0.15, 0.2) is 0 Å². The molecule has 21 heavy (non-hydrogen) atoms. The van der Waals surface area contributed by atoms with Crippen molar-refractivity contribution < 1.29 is 0 Å². The van der Waals surface area contributed by atoms with Crippen LogP contribution in [0.3, 0.4) is 0 Å². The molecule has 0 bridgehead atoms. The van der Waals surface area contributed by atoms with E-state index < -0.39 is 0 Å². The van der Waals surface area contributed by atoms with E-state index in [2.05, 4.69) is 77.8 Å². The molecule has 1 fully saturated rings. The normalized spacial score (nSPS) is 21.7. The van der Waals surface area contributed by atoms with Crippen LogP contribution in [-0.4, -0.2) is 24.5 Å². The Hall–Kier alpha value is -1.64. The quantitative estimate of drug-likeness (QED) is 0.920. The maximum absolute atomic E-state index is 3.59. The first-order chi connectivity index (χ1) is 10.4. The predicted molar refractivity (Wildman–Crippen MR) is 88.2 cm³/mol. The number of rotatable bonds is 3. The molecule has 2 atom stereocenters. The minimum atomic E-state index is 0.441. The van der Waals surface area contributed by atoms with Crippen molar-refractivity contribution in [2.45, 2.75) is 25.4 Å². The van der Waals surface area contributed by atoms with Crippen molar-refractivity contribution in [2.24, 2.45) is 0 Å². The van der Waals surface area contributed by atoms with E-state index in [0.717, 1.165) is 19.6 Å². The summed E-state index contributed by atoms with van der Waals surface area (Å²) in [6, 6.07) is 22.6. The predicted octanol–water partition coefficient (Wildman–Crippen LogP) is 3.78. The van der Waals surface area contributed by atoms with Crippen molar-refractivity contribution in [3.05, 3.63) is 71.8 Å². The Morgan fingerprint density at radius 3 is 2.38 bits per heavy atom. The molecule has 110 valence electrons. The van der Waals surface area contributed by atoms with E-state index in [9.17, 15) is 0 Å². The molecule has 2 nitrogen and oxygen atoms in total. The Morgan fingerprint density at radius 1 is 1.00 bits per heavy atom. The second-order valence-electron chi connectivity index (χ2n) is 5.81. The van der Waals surface area contributed by atoms with Gasteiger partial charge in [-0.05, 0) is 31.0 Å². The third-order valence-electron chi connectivity index (χ3n) is 4.47. The molecule has 1 saturated heterocycles. The molecular weight excluding hydrogens is 256 g/mol. The molecule has 1 heterocycles. The summed E-state index contributed by atoms with van der Waals surface area (Å²) < 4.78 is 0. The minimum Gasteiger partial charge on any atom is -0.315 e. The van der Waals surface area contributed by atoms with Gasteiger partial charge in [-0.1, -0.05) is 60.7 Å². The van der Waals surface area contributed by atoms with Gasteiger partial charge < -0.3 is 5.32 Å². The standard InChI is InChI=1S/C19H24N2/c1-16(17-9-4-2-5-10-17)21-14-8-13-20-15-19(21)18-11-6-3-7-12-18/h2-7,9-12,16,19-20H,8,13-15H2,1H3. The van der Waals surface area contributed by atoms with Gasteiger partial charge in [0.1, 0.15) is 0 Å². The lowest BCUT2D eigenvalue weighted by Gasteiger charge is -2.35. The fourth-order valence-electron chi connectivity index (χ4n) is 3.27. The highest BCUT2D eigenvalue weighted by Crippen LogP contribution is 2.31. The third kappa shape index (κ3) is 3.34. The van der Waals surface area contributed by atoms with Crippen molar-refractivity contribution in [1.29, 1.82) is 0 Å². The van der Waals surface area contributed by atoms with Crippen LogP contribution >= 0.6 is 0 Å². The van der Waals surface area contributed by atoms with Gasteiger partial charge in [0.2, 0.25) is 0 Å². The Bertz CT molecular complexity index is 538. The van der Waals surface area contributed by atoms with Crippen molar-refractivity contribution in [3.8, 4) is 0 Å². The number of nitrogens with zero attached hydrogens (tertiary/aromatic N) is 1. The molecule has 0 radical (unpaired) electrons. The molecule has 0 amide bonds. The number of nitrogens with one attached hydrogen (secondary N) is 1. The fourth-order valence-corrected chi connectivity index (χ4v) is 3.27. The van der Waals surface area contributed by atoms with Crippen molar-refractivity contribution in [1.82, 2.24) is 10.2 Å². The van der Waals surface area contributed by atoms with Gasteiger partial charge in [-0.25, -0.2) is 0 Å². The summed E-state index contributed by atoms with van der Waals surface area (Å²) in [6.07, 6.45) is 1.21. The van der Waals surface area contributed by atoms with E-state index in [1.165, 1.54) is 17.5 Å². The zero-order valence-corrected chi connectivity index (χ0v) is 12.7. The molecule has 1 aliphatic rings. The first-order valence-electron chi connectivity index (χ1n) is 7.92. The number of hydrogen-bond acceptors (Lipinski definition) is 2. The first-order valence-corrected chi connectivity index (χ1v) is 7.92. The second kappa shape index (κ2) is 6.88. The lowest BCUT2D eigenvalue weighted by Crippen LogP contribution is -2.34. The molecule has 3 rings (SSSR count). The summed E-state index contributed by atoms with van der Waals surface area (Å²) >= 11 is 0. The van der Waals surface area contributed by atoms with Crippen LogP contribution in [0.2, 0.25) is 0 Å². The summed E-state index contributed by atoms with van der Waals surface area (Å²) in [4.78, 5) is 2.64. The molecule has 0 saturated carbocycles. The Morgan fingerprint density at radius 2 is 1.67 bits per heavy atom. The highest BCUT2D eigenvalue weighted by Gasteiger charge is 2.26. The lowest BCUT2D eigenvalue weighted by atomic mass is 10.00. The van der Waals surface area contributed by atoms with Gasteiger partial charge in [-0.2, -0.15) is 0 Å². The van der Waals surface area contributed by atoms with Gasteiger partial charge in [-0.3, -0.25) is 4.90 Å². The SMILES string of the molecule is CC(c1ccccc1)N1CCCNCC1c1ccccc1. The Balaban J connectivity index is 1.89. The maximum Gasteiger partial charge on any atom is 0.0478 e. The molecule has 2 heteroatoms. The van der Waals surface area contributed by atoms with E-state index in [0.29, 0.717) is 12.1 Å². The topological polar surface area (TPSA) is 15.3 Å². The van der Waals surface area contributed by atoms with Crippen LogP contribution in [0.1, 0.15) is 36.6 Å². The van der Waals surface area contributed by atoms with Crippen LogP contribution in [0.5, 0.6) is 0 Å². The van der Waals surface area contributed by atoms with Gasteiger partial charge in [0, 0.05) is 25.2 Å². The van der Waals surface area contributed by atoms with Crippen molar-refractivity contribution in [2.75, 3.05) is 19.6 Å². The van der Waals surface area contributed by atoms with E-state index in [1.807, 2.05) is 0 Å². The minimum absolute atomic E-state index is 0.441. The third-order valence-corrected chi connectivity index (χ3v) is 4.47. The summed E-state index contributed by atoms with van der Waals surface area (Å²) in [7, 11) is 0. The van der Waals surface area contributed by atoms with Gasteiger partial charge in [0.25, 0.3) is 0 Å². The fraction of sp³-hybridized carbons (Fsp3) is 0.368. The average molecular weight is 280 g/mol. The highest BCUT2D eigenvalue weighted by molar-refractivity contribution is 5.23. The van der Waals surface area contributed by atoms with Crippen LogP contribution in [0, 0.1) is 0 Å². The van der Waals surface area contributed by atoms with E-state index in [-0.39, 0.29) is 0 Å². The van der Waals surface area contributed by atoms with E-state index in [1.54, 1.807) is 0 Å². The Labute approximate surface area is 127 Å². The average Bonchev–Trinajstić information content (AvgIpc) is 2.81. The first kappa shape index (κ1) is 14.3. The molecule has 2 aromatic carbocycles. The molecule has 2 aromatic rings. The second-order valence-corrected chi connectivity index (χ2v) is 5.81. The largest absolute Gasteiger partial charge is 0.315 e. The van der Waals surface area contributed by atoms with Crippen LogP contribution in [0.25, 0.3) is 0 Å². The van der Waals surface area contributed by atoms with Gasteiger partial charge in [-0.15, -0.1) is 0 Å². The number of benzene rings is 2. The maximum atomic E-state index is 3.59. The van der Waals surface area contributed by atoms with E-state index >= 15 is 0 Å². The molecule has 2 unspecified atom stereocenters. The van der Waals surface area contributed by atoms with Crippen molar-refractivity contribution >= 4 is 0 Å². The highest BCUT2D eigenvalue weighted by atomic mass is 15.2. The summed E-state index contributed by atoms with van der Waals surface area (Å²) in [5.41, 5.74) is 2.81. The summed E-state index contributed by atoms with van der Waals surface area (Å²) in [5, 5.41) is 3.59. The molecule has 0 spiro atoms. The van der Waals surface area contributed by atoms with Crippen LogP contribution in [0.15, 0.2) is 60.7 Å².